The predicted molar refractivity (Wildman–Crippen MR) is 121 cm³/mol. The third-order valence-electron chi connectivity index (χ3n) is 5.99. The first-order valence-electron chi connectivity index (χ1n) is 10.6. The van der Waals surface area contributed by atoms with Gasteiger partial charge in [-0.05, 0) is 54.1 Å². The molecule has 0 fully saturated rings. The Morgan fingerprint density at radius 1 is 1.06 bits per heavy atom. The van der Waals surface area contributed by atoms with Crippen LogP contribution in [0.2, 0.25) is 0 Å². The first-order chi connectivity index (χ1) is 15.5. The Kier molecular flexibility index (Phi) is 5.43. The second-order valence-electron chi connectivity index (χ2n) is 8.01. The normalized spacial score (nSPS) is 17.4. The average Bonchev–Trinajstić information content (AvgIpc) is 2.80. The van der Waals surface area contributed by atoms with E-state index in [1.54, 1.807) is 30.0 Å². The van der Waals surface area contributed by atoms with Gasteiger partial charge in [0.1, 0.15) is 5.82 Å². The summed E-state index contributed by atoms with van der Waals surface area (Å²) in [6.07, 6.45) is 1.27. The lowest BCUT2D eigenvalue weighted by atomic mass is 9.94. The smallest absolute Gasteiger partial charge is 0.261 e. The van der Waals surface area contributed by atoms with Gasteiger partial charge >= 0.3 is 0 Å². The molecule has 7 heteroatoms. The molecule has 2 heterocycles. The molecule has 5 rings (SSSR count). The number of benzene rings is 3. The van der Waals surface area contributed by atoms with Crippen LogP contribution in [0.25, 0.3) is 10.8 Å². The molecule has 0 aromatic heterocycles. The summed E-state index contributed by atoms with van der Waals surface area (Å²) < 4.78 is 13.7. The van der Waals surface area contributed by atoms with Crippen molar-refractivity contribution in [2.45, 2.75) is 30.2 Å². The van der Waals surface area contributed by atoms with E-state index in [9.17, 15) is 18.8 Å². The van der Waals surface area contributed by atoms with Crippen LogP contribution >= 0.6 is 11.8 Å². The number of imide groups is 1. The minimum atomic E-state index is -0.326. The van der Waals surface area contributed by atoms with Crippen LogP contribution < -0.4 is 5.32 Å². The molecule has 3 aromatic carbocycles. The number of carbonyl (C=O) groups excluding carboxylic acids is 3. The Balaban J connectivity index is 1.24. The Bertz CT molecular complexity index is 1210. The minimum Gasteiger partial charge on any atom is -0.349 e. The molecule has 3 aromatic rings. The number of hydrogen-bond acceptors (Lipinski definition) is 4. The Labute approximate surface area is 189 Å². The molecule has 1 atom stereocenters. The van der Waals surface area contributed by atoms with Crippen LogP contribution in [0.5, 0.6) is 0 Å². The minimum absolute atomic E-state index is 0.168. The SMILES string of the molecule is O=C(CCCN1C(=O)c2cccc3cccc(c23)C1=O)NC1CCSc2ccc(F)cc21. The Hall–Kier alpha value is -3.19. The van der Waals surface area contributed by atoms with Crippen molar-refractivity contribution < 1.29 is 18.8 Å². The van der Waals surface area contributed by atoms with E-state index in [-0.39, 0.29) is 42.5 Å². The molecule has 0 saturated carbocycles. The zero-order valence-electron chi connectivity index (χ0n) is 17.3. The van der Waals surface area contributed by atoms with Gasteiger partial charge in [-0.1, -0.05) is 24.3 Å². The van der Waals surface area contributed by atoms with Gasteiger partial charge < -0.3 is 5.32 Å². The van der Waals surface area contributed by atoms with Gasteiger partial charge in [0.25, 0.3) is 11.8 Å². The largest absolute Gasteiger partial charge is 0.349 e. The molecule has 1 N–H and O–H groups in total. The summed E-state index contributed by atoms with van der Waals surface area (Å²) in [4.78, 5) is 40.7. The van der Waals surface area contributed by atoms with Crippen molar-refractivity contribution in [2.75, 3.05) is 12.3 Å². The van der Waals surface area contributed by atoms with Crippen molar-refractivity contribution in [1.29, 1.82) is 0 Å². The van der Waals surface area contributed by atoms with E-state index in [0.717, 1.165) is 28.0 Å². The van der Waals surface area contributed by atoms with Gasteiger partial charge in [-0.15, -0.1) is 11.8 Å². The summed E-state index contributed by atoms with van der Waals surface area (Å²) in [6, 6.07) is 15.3. The Morgan fingerprint density at radius 3 is 2.50 bits per heavy atom. The maximum Gasteiger partial charge on any atom is 0.261 e. The molecule has 162 valence electrons. The van der Waals surface area contributed by atoms with E-state index < -0.39 is 0 Å². The van der Waals surface area contributed by atoms with E-state index >= 15 is 0 Å². The van der Waals surface area contributed by atoms with Crippen LogP contribution in [0.4, 0.5) is 4.39 Å². The highest BCUT2D eigenvalue weighted by atomic mass is 32.2. The van der Waals surface area contributed by atoms with Gasteiger partial charge in [0.05, 0.1) is 6.04 Å². The molecule has 0 saturated heterocycles. The van der Waals surface area contributed by atoms with Crippen molar-refractivity contribution in [3.8, 4) is 0 Å². The van der Waals surface area contributed by atoms with Crippen molar-refractivity contribution in [3.63, 3.8) is 0 Å². The number of carbonyl (C=O) groups is 3. The molecular weight excluding hydrogens is 427 g/mol. The number of nitrogens with zero attached hydrogens (tertiary/aromatic N) is 1. The fourth-order valence-corrected chi connectivity index (χ4v) is 5.57. The lowest BCUT2D eigenvalue weighted by molar-refractivity contribution is -0.122. The fourth-order valence-electron chi connectivity index (χ4n) is 4.46. The van der Waals surface area contributed by atoms with Crippen molar-refractivity contribution in [3.05, 3.63) is 77.1 Å². The highest BCUT2D eigenvalue weighted by Crippen LogP contribution is 2.36. The number of thioether (sulfide) groups is 1. The van der Waals surface area contributed by atoms with Crippen LogP contribution in [0, 0.1) is 5.82 Å². The van der Waals surface area contributed by atoms with Gasteiger partial charge in [0, 0.05) is 40.1 Å². The van der Waals surface area contributed by atoms with Crippen LogP contribution in [-0.2, 0) is 4.79 Å². The van der Waals surface area contributed by atoms with Gasteiger partial charge in [-0.3, -0.25) is 19.3 Å². The monoisotopic (exact) mass is 448 g/mol. The van der Waals surface area contributed by atoms with Gasteiger partial charge in [-0.25, -0.2) is 4.39 Å². The van der Waals surface area contributed by atoms with Crippen LogP contribution in [0.15, 0.2) is 59.5 Å². The lowest BCUT2D eigenvalue weighted by Gasteiger charge is -2.28. The van der Waals surface area contributed by atoms with Crippen LogP contribution in [-0.4, -0.2) is 34.9 Å². The number of rotatable bonds is 5. The predicted octanol–water partition coefficient (Wildman–Crippen LogP) is 4.71. The highest BCUT2D eigenvalue weighted by molar-refractivity contribution is 7.99. The molecule has 0 radical (unpaired) electrons. The lowest BCUT2D eigenvalue weighted by Crippen LogP contribution is -2.41. The number of hydrogen-bond donors (Lipinski definition) is 1. The van der Waals surface area contributed by atoms with Gasteiger partial charge in [-0.2, -0.15) is 0 Å². The van der Waals surface area contributed by atoms with Crippen molar-refractivity contribution >= 4 is 40.3 Å². The van der Waals surface area contributed by atoms with Crippen molar-refractivity contribution in [1.82, 2.24) is 10.2 Å². The second kappa shape index (κ2) is 8.39. The molecule has 2 aliphatic heterocycles. The Morgan fingerprint density at radius 2 is 1.78 bits per heavy atom. The average molecular weight is 449 g/mol. The molecule has 1 unspecified atom stereocenters. The summed E-state index contributed by atoms with van der Waals surface area (Å²) in [5.41, 5.74) is 1.83. The van der Waals surface area contributed by atoms with E-state index in [0.29, 0.717) is 22.9 Å². The molecule has 0 spiro atoms. The third kappa shape index (κ3) is 3.66. The summed E-state index contributed by atoms with van der Waals surface area (Å²) in [5.74, 6) is -0.285. The molecule has 2 aliphatic rings. The molecule has 5 nitrogen and oxygen atoms in total. The van der Waals surface area contributed by atoms with Gasteiger partial charge in [0.15, 0.2) is 0 Å². The maximum absolute atomic E-state index is 13.7. The third-order valence-corrected chi connectivity index (χ3v) is 7.11. The number of nitrogens with one attached hydrogen (secondary N) is 1. The van der Waals surface area contributed by atoms with E-state index in [1.807, 2.05) is 24.3 Å². The van der Waals surface area contributed by atoms with E-state index in [1.165, 1.54) is 17.0 Å². The first-order valence-corrected chi connectivity index (χ1v) is 11.6. The molecule has 0 bridgehead atoms. The van der Waals surface area contributed by atoms with Crippen LogP contribution in [0.1, 0.15) is 51.6 Å². The van der Waals surface area contributed by atoms with Gasteiger partial charge in [0.2, 0.25) is 5.91 Å². The zero-order chi connectivity index (χ0) is 22.2. The molecule has 32 heavy (non-hydrogen) atoms. The number of fused-ring (bicyclic) bond motifs is 1. The fraction of sp³-hybridized carbons (Fsp3) is 0.240. The van der Waals surface area contributed by atoms with Crippen molar-refractivity contribution in [2.24, 2.45) is 0 Å². The maximum atomic E-state index is 13.7. The number of amides is 3. The summed E-state index contributed by atoms with van der Waals surface area (Å²) in [6.45, 7) is 0.168. The van der Waals surface area contributed by atoms with E-state index in [4.69, 9.17) is 0 Å². The first kappa shape index (κ1) is 20.7. The zero-order valence-corrected chi connectivity index (χ0v) is 18.1. The summed E-state index contributed by atoms with van der Waals surface area (Å²) >= 11 is 1.66. The standard InChI is InChI=1S/C25H21FN2O3S/c26-16-9-10-21-19(14-16)20(11-13-32-21)27-22(29)8-3-12-28-24(30)17-6-1-4-15-5-2-7-18(23(15)17)25(28)31/h1-2,4-7,9-10,14,20H,3,8,11-13H2,(H,27,29). The summed E-state index contributed by atoms with van der Waals surface area (Å²) in [5, 5.41) is 4.55. The quantitative estimate of drug-likeness (QED) is 0.574. The highest BCUT2D eigenvalue weighted by Gasteiger charge is 2.32. The molecule has 0 aliphatic carbocycles. The molecular formula is C25H21FN2O3S. The number of halogens is 1. The second-order valence-corrected chi connectivity index (χ2v) is 9.15. The summed E-state index contributed by atoms with van der Waals surface area (Å²) in [7, 11) is 0. The molecule has 3 amide bonds. The van der Waals surface area contributed by atoms with Crippen LogP contribution in [0.3, 0.4) is 0 Å². The van der Waals surface area contributed by atoms with E-state index in [2.05, 4.69) is 5.32 Å². The topological polar surface area (TPSA) is 66.5 Å².